The Hall–Kier alpha value is -4.51. The lowest BCUT2D eigenvalue weighted by molar-refractivity contribution is 0.0950. The van der Waals surface area contributed by atoms with Crippen LogP contribution in [0.25, 0.3) is 0 Å². The van der Waals surface area contributed by atoms with Crippen molar-refractivity contribution >= 4 is 28.8 Å². The Balaban J connectivity index is 1.28. The molecule has 3 aromatic carbocycles. The molecule has 9 nitrogen and oxygen atoms in total. The summed E-state index contributed by atoms with van der Waals surface area (Å²) in [5.74, 6) is 0.631. The van der Waals surface area contributed by atoms with Gasteiger partial charge in [0.05, 0.1) is 14.2 Å². The van der Waals surface area contributed by atoms with E-state index in [-0.39, 0.29) is 29.9 Å². The van der Waals surface area contributed by atoms with Crippen molar-refractivity contribution in [3.63, 3.8) is 0 Å². The number of ether oxygens (including phenoxy) is 3. The molecule has 2 N–H and O–H groups in total. The number of carbonyl (C=O) groups is 2. The molecule has 0 atom stereocenters. The van der Waals surface area contributed by atoms with Crippen molar-refractivity contribution in [1.29, 1.82) is 0 Å². The Kier molecular flexibility index (Phi) is 8.26. The number of halogens is 1. The first-order valence-corrected chi connectivity index (χ1v) is 11.9. The number of nitrogens with one attached hydrogen (secondary N) is 2. The Labute approximate surface area is 216 Å². The van der Waals surface area contributed by atoms with Crippen LogP contribution in [-0.2, 0) is 13.2 Å². The summed E-state index contributed by atoms with van der Waals surface area (Å²) in [5.41, 5.74) is 1.70. The molecule has 4 rings (SSSR count). The van der Waals surface area contributed by atoms with Gasteiger partial charge < -0.3 is 24.8 Å². The number of hydrogen-bond acceptors (Lipinski definition) is 8. The van der Waals surface area contributed by atoms with Crippen LogP contribution in [0.4, 0.5) is 10.1 Å². The molecule has 0 aliphatic carbocycles. The minimum atomic E-state index is -0.427. The maximum Gasteiger partial charge on any atom is 0.286 e. The highest BCUT2D eigenvalue weighted by molar-refractivity contribution is 7.13. The van der Waals surface area contributed by atoms with E-state index in [0.29, 0.717) is 33.5 Å². The average Bonchev–Trinajstić information content (AvgIpc) is 3.41. The molecule has 1 aromatic heterocycles. The summed E-state index contributed by atoms with van der Waals surface area (Å²) in [6.45, 7) is 0.398. The highest BCUT2D eigenvalue weighted by Crippen LogP contribution is 2.31. The first kappa shape index (κ1) is 25.6. The van der Waals surface area contributed by atoms with E-state index in [2.05, 4.69) is 20.8 Å². The number of aromatic nitrogens is 2. The normalized spacial score (nSPS) is 10.5. The van der Waals surface area contributed by atoms with Gasteiger partial charge in [-0.1, -0.05) is 23.5 Å². The predicted octanol–water partition coefficient (Wildman–Crippen LogP) is 4.46. The molecule has 0 aliphatic heterocycles. The van der Waals surface area contributed by atoms with Gasteiger partial charge in [0.25, 0.3) is 11.8 Å². The Morgan fingerprint density at radius 1 is 0.892 bits per heavy atom. The molecular formula is C26H23FN4O5S. The summed E-state index contributed by atoms with van der Waals surface area (Å²) in [6, 6.07) is 17.5. The van der Waals surface area contributed by atoms with E-state index in [0.717, 1.165) is 16.9 Å². The second kappa shape index (κ2) is 12.0. The topological polar surface area (TPSA) is 112 Å². The van der Waals surface area contributed by atoms with Crippen molar-refractivity contribution in [2.45, 2.75) is 13.2 Å². The van der Waals surface area contributed by atoms with E-state index in [4.69, 9.17) is 14.2 Å². The van der Waals surface area contributed by atoms with Gasteiger partial charge in [-0.2, -0.15) is 0 Å². The number of methoxy groups -OCH3 is 2. The number of carbonyl (C=O) groups excluding carboxylic acids is 2. The third kappa shape index (κ3) is 6.79. The van der Waals surface area contributed by atoms with Gasteiger partial charge in [0.2, 0.25) is 5.01 Å². The molecule has 0 aliphatic rings. The van der Waals surface area contributed by atoms with Gasteiger partial charge >= 0.3 is 0 Å². The Bertz CT molecular complexity index is 1380. The zero-order chi connectivity index (χ0) is 26.2. The van der Waals surface area contributed by atoms with Crippen LogP contribution < -0.4 is 24.8 Å². The lowest BCUT2D eigenvalue weighted by Gasteiger charge is -2.09. The van der Waals surface area contributed by atoms with Gasteiger partial charge in [0.15, 0.2) is 16.5 Å². The van der Waals surface area contributed by atoms with Gasteiger partial charge in [-0.05, 0) is 54.1 Å². The van der Waals surface area contributed by atoms with Crippen molar-refractivity contribution in [2.75, 3.05) is 19.5 Å². The van der Waals surface area contributed by atoms with Crippen molar-refractivity contribution < 1.29 is 28.2 Å². The molecule has 37 heavy (non-hydrogen) atoms. The predicted molar refractivity (Wildman–Crippen MR) is 136 cm³/mol. The molecule has 0 saturated carbocycles. The first-order chi connectivity index (χ1) is 17.9. The maximum absolute atomic E-state index is 13.0. The highest BCUT2D eigenvalue weighted by atomic mass is 32.1. The molecule has 0 radical (unpaired) electrons. The van der Waals surface area contributed by atoms with Gasteiger partial charge in [-0.25, -0.2) is 4.39 Å². The zero-order valence-corrected chi connectivity index (χ0v) is 20.8. The average molecular weight is 523 g/mol. The number of nitrogens with zero attached hydrogens (tertiary/aromatic N) is 2. The number of hydrogen-bond donors (Lipinski definition) is 2. The third-order valence-electron chi connectivity index (χ3n) is 5.15. The van der Waals surface area contributed by atoms with E-state index < -0.39 is 5.91 Å². The van der Waals surface area contributed by atoms with Crippen LogP contribution in [0, 0.1) is 5.82 Å². The van der Waals surface area contributed by atoms with Crippen molar-refractivity contribution in [3.8, 4) is 17.2 Å². The lowest BCUT2D eigenvalue weighted by Crippen LogP contribution is -2.22. The first-order valence-electron chi connectivity index (χ1n) is 11.1. The Morgan fingerprint density at radius 3 is 2.32 bits per heavy atom. The number of amides is 2. The highest BCUT2D eigenvalue weighted by Gasteiger charge is 2.15. The van der Waals surface area contributed by atoms with Crippen LogP contribution in [0.1, 0.15) is 30.7 Å². The van der Waals surface area contributed by atoms with Crippen LogP contribution in [0.3, 0.4) is 0 Å². The molecule has 0 saturated heterocycles. The second-order valence-corrected chi connectivity index (χ2v) is 8.71. The van der Waals surface area contributed by atoms with Crippen molar-refractivity contribution in [2.24, 2.45) is 0 Å². The fourth-order valence-electron chi connectivity index (χ4n) is 3.23. The van der Waals surface area contributed by atoms with Crippen LogP contribution >= 0.6 is 11.3 Å². The number of benzene rings is 3. The van der Waals surface area contributed by atoms with Gasteiger partial charge in [0, 0.05) is 23.9 Å². The standard InChI is InChI=1S/C26H23FN4O5S/c1-34-21-12-11-20(13-22(21)35-2)36-15-23-30-31-26(37-23)25(33)29-19-9-5-17(6-10-19)24(32)28-14-16-3-7-18(27)8-4-16/h3-13H,14-15H2,1-2H3,(H,28,32)(H,29,33). The summed E-state index contributed by atoms with van der Waals surface area (Å²) < 4.78 is 29.2. The second-order valence-electron chi connectivity index (χ2n) is 7.65. The quantitative estimate of drug-likeness (QED) is 0.316. The van der Waals surface area contributed by atoms with E-state index in [9.17, 15) is 14.0 Å². The Morgan fingerprint density at radius 2 is 1.62 bits per heavy atom. The summed E-state index contributed by atoms with van der Waals surface area (Å²) in [4.78, 5) is 24.9. The van der Waals surface area contributed by atoms with Crippen LogP contribution in [-0.4, -0.2) is 36.2 Å². The summed E-state index contributed by atoms with van der Waals surface area (Å²) >= 11 is 1.11. The van der Waals surface area contributed by atoms with E-state index in [1.54, 1.807) is 61.7 Å². The SMILES string of the molecule is COc1ccc(OCc2nnc(C(=O)Nc3ccc(C(=O)NCc4ccc(F)cc4)cc3)s2)cc1OC. The molecular weight excluding hydrogens is 499 g/mol. The molecule has 0 fully saturated rings. The number of anilines is 1. The van der Waals surface area contributed by atoms with E-state index >= 15 is 0 Å². The summed E-state index contributed by atoms with van der Waals surface area (Å²) in [7, 11) is 3.09. The minimum Gasteiger partial charge on any atom is -0.493 e. The summed E-state index contributed by atoms with van der Waals surface area (Å²) in [6.07, 6.45) is 0. The van der Waals surface area contributed by atoms with Gasteiger partial charge in [-0.15, -0.1) is 10.2 Å². The molecule has 0 bridgehead atoms. The molecule has 4 aromatic rings. The minimum absolute atomic E-state index is 0.127. The smallest absolute Gasteiger partial charge is 0.286 e. The van der Waals surface area contributed by atoms with Gasteiger partial charge in [0.1, 0.15) is 18.2 Å². The molecule has 1 heterocycles. The largest absolute Gasteiger partial charge is 0.493 e. The van der Waals surface area contributed by atoms with Gasteiger partial charge in [-0.3, -0.25) is 9.59 Å². The van der Waals surface area contributed by atoms with E-state index in [1.807, 2.05) is 0 Å². The fraction of sp³-hybridized carbons (Fsp3) is 0.154. The maximum atomic E-state index is 13.0. The molecule has 190 valence electrons. The van der Waals surface area contributed by atoms with Crippen LogP contribution in [0.15, 0.2) is 66.7 Å². The molecule has 0 spiro atoms. The number of rotatable bonds is 10. The van der Waals surface area contributed by atoms with Crippen LogP contribution in [0.5, 0.6) is 17.2 Å². The molecule has 11 heteroatoms. The van der Waals surface area contributed by atoms with Crippen molar-refractivity contribution in [3.05, 3.63) is 93.7 Å². The zero-order valence-electron chi connectivity index (χ0n) is 20.0. The molecule has 0 unspecified atom stereocenters. The monoisotopic (exact) mass is 522 g/mol. The van der Waals surface area contributed by atoms with Crippen molar-refractivity contribution in [1.82, 2.24) is 15.5 Å². The lowest BCUT2D eigenvalue weighted by atomic mass is 10.1. The summed E-state index contributed by atoms with van der Waals surface area (Å²) in [5, 5.41) is 14.1. The van der Waals surface area contributed by atoms with E-state index in [1.165, 1.54) is 19.2 Å². The van der Waals surface area contributed by atoms with Crippen LogP contribution in [0.2, 0.25) is 0 Å². The third-order valence-corrected chi connectivity index (χ3v) is 6.05. The fourth-order valence-corrected chi connectivity index (χ4v) is 3.88. The molecule has 2 amide bonds.